The molecule has 1 fully saturated rings. The van der Waals surface area contributed by atoms with E-state index in [2.05, 4.69) is 29.6 Å². The average Bonchev–Trinajstić information content (AvgIpc) is 2.76. The lowest BCUT2D eigenvalue weighted by Crippen LogP contribution is -2.45. The zero-order chi connectivity index (χ0) is 15.5. The number of hydrogen-bond acceptors (Lipinski definition) is 3. The van der Waals surface area contributed by atoms with Crippen molar-refractivity contribution in [3.05, 3.63) is 29.8 Å². The summed E-state index contributed by atoms with van der Waals surface area (Å²) in [6.07, 6.45) is 3.38. The van der Waals surface area contributed by atoms with E-state index in [1.165, 1.54) is 5.56 Å². The Hall–Kier alpha value is -0.910. The second-order valence-corrected chi connectivity index (χ2v) is 8.55. The van der Waals surface area contributed by atoms with Gasteiger partial charge in [0.2, 0.25) is 0 Å². The first-order valence-corrected chi connectivity index (χ1v) is 8.68. The summed E-state index contributed by atoms with van der Waals surface area (Å²) < 4.78 is 16.2. The van der Waals surface area contributed by atoms with Crippen LogP contribution in [0.2, 0.25) is 0 Å². The van der Waals surface area contributed by atoms with Crippen molar-refractivity contribution in [1.82, 2.24) is 5.32 Å². The molecule has 1 atom stereocenters. The maximum atomic E-state index is 10.4. The Morgan fingerprint density at radius 2 is 1.81 bits per heavy atom. The Bertz CT molecular complexity index is 478. The molecule has 4 nitrogen and oxygen atoms in total. The molecular formula is C16H26N2O2S. The van der Waals surface area contributed by atoms with Gasteiger partial charge in [-0.15, -0.1) is 0 Å². The predicted octanol–water partition coefficient (Wildman–Crippen LogP) is 2.15. The predicted molar refractivity (Wildman–Crippen MR) is 87.7 cm³/mol. The van der Waals surface area contributed by atoms with Gasteiger partial charge < -0.3 is 10.1 Å². The van der Waals surface area contributed by atoms with E-state index in [9.17, 15) is 4.21 Å². The molecule has 0 bridgehead atoms. The van der Waals surface area contributed by atoms with Gasteiger partial charge in [-0.1, -0.05) is 18.2 Å². The highest BCUT2D eigenvalue weighted by molar-refractivity contribution is 7.84. The van der Waals surface area contributed by atoms with Crippen molar-refractivity contribution in [2.75, 3.05) is 13.1 Å². The highest BCUT2D eigenvalue weighted by atomic mass is 32.2. The van der Waals surface area contributed by atoms with Gasteiger partial charge in [0.15, 0.2) is 0 Å². The molecule has 1 aromatic carbocycles. The van der Waals surface area contributed by atoms with E-state index < -0.39 is 11.0 Å². The van der Waals surface area contributed by atoms with Crippen LogP contribution >= 0.6 is 0 Å². The SMILES string of the molecule is CC(C)(C)S(N)=O.c1ccc2c(c1)CC1(CCNCC1)O2. The maximum Gasteiger partial charge on any atom is 0.123 e. The van der Waals surface area contributed by atoms with Crippen LogP contribution in [0.4, 0.5) is 0 Å². The minimum Gasteiger partial charge on any atom is -0.487 e. The molecule has 0 radical (unpaired) electrons. The third kappa shape index (κ3) is 4.28. The van der Waals surface area contributed by atoms with Crippen LogP contribution < -0.4 is 15.2 Å². The minimum absolute atomic E-state index is 0.120. The molecule has 0 saturated carbocycles. The standard InChI is InChI=1S/C12H15NO.C4H11NOS/c1-2-4-11-10(3-1)9-12(14-11)5-7-13-8-6-12;1-4(2,3)7(5)6/h1-4,13H,5-9H2;5H2,1-3H3. The summed E-state index contributed by atoms with van der Waals surface area (Å²) in [5.74, 6) is 1.11. The second kappa shape index (κ2) is 6.46. The molecule has 2 aliphatic rings. The van der Waals surface area contributed by atoms with Gasteiger partial charge in [0.25, 0.3) is 0 Å². The van der Waals surface area contributed by atoms with Crippen molar-refractivity contribution in [2.24, 2.45) is 5.14 Å². The molecule has 0 aliphatic carbocycles. The van der Waals surface area contributed by atoms with Crippen LogP contribution in [0.15, 0.2) is 24.3 Å². The van der Waals surface area contributed by atoms with Gasteiger partial charge in [-0.25, -0.2) is 4.21 Å². The average molecular weight is 310 g/mol. The lowest BCUT2D eigenvalue weighted by Gasteiger charge is -2.33. The Kier molecular flexibility index (Phi) is 5.07. The number of fused-ring (bicyclic) bond motifs is 1. The van der Waals surface area contributed by atoms with Crippen LogP contribution in [0.5, 0.6) is 5.75 Å². The van der Waals surface area contributed by atoms with Crippen molar-refractivity contribution in [2.45, 2.75) is 50.4 Å². The lowest BCUT2D eigenvalue weighted by molar-refractivity contribution is 0.0600. The van der Waals surface area contributed by atoms with Crippen LogP contribution in [0.25, 0.3) is 0 Å². The smallest absolute Gasteiger partial charge is 0.123 e. The van der Waals surface area contributed by atoms with Crippen LogP contribution in [-0.2, 0) is 17.4 Å². The fourth-order valence-electron chi connectivity index (χ4n) is 2.53. The van der Waals surface area contributed by atoms with Gasteiger partial charge in [0.1, 0.15) is 11.4 Å². The molecule has 3 N–H and O–H groups in total. The quantitative estimate of drug-likeness (QED) is 0.772. The Balaban J connectivity index is 0.000000199. The van der Waals surface area contributed by atoms with E-state index in [1.54, 1.807) is 0 Å². The van der Waals surface area contributed by atoms with Crippen LogP contribution in [-0.4, -0.2) is 27.6 Å². The Labute approximate surface area is 130 Å². The molecule has 1 unspecified atom stereocenters. The fourth-order valence-corrected chi connectivity index (χ4v) is 2.53. The number of nitrogens with two attached hydrogens (primary N) is 1. The van der Waals surface area contributed by atoms with E-state index in [1.807, 2.05) is 20.8 Å². The minimum atomic E-state index is -1.18. The molecule has 1 aromatic rings. The first-order chi connectivity index (χ1) is 9.82. The highest BCUT2D eigenvalue weighted by Gasteiger charge is 2.39. The third-order valence-electron chi connectivity index (χ3n) is 3.93. The van der Waals surface area contributed by atoms with Gasteiger partial charge >= 0.3 is 0 Å². The van der Waals surface area contributed by atoms with Crippen LogP contribution in [0.3, 0.4) is 0 Å². The summed E-state index contributed by atoms with van der Waals surface area (Å²) in [6.45, 7) is 7.69. The van der Waals surface area contributed by atoms with Crippen LogP contribution in [0.1, 0.15) is 39.2 Å². The fraction of sp³-hybridized carbons (Fsp3) is 0.625. The third-order valence-corrected chi connectivity index (χ3v) is 5.14. The van der Waals surface area contributed by atoms with E-state index in [-0.39, 0.29) is 10.3 Å². The summed E-state index contributed by atoms with van der Waals surface area (Å²) in [6, 6.07) is 8.43. The molecule has 1 saturated heterocycles. The second-order valence-electron chi connectivity index (χ2n) is 6.73. The number of rotatable bonds is 0. The first kappa shape index (κ1) is 16.5. The normalized spacial score (nSPS) is 21.0. The van der Waals surface area contributed by atoms with Gasteiger partial charge in [-0.05, 0) is 58.3 Å². The van der Waals surface area contributed by atoms with E-state index in [4.69, 9.17) is 9.88 Å². The number of hydrogen-bond donors (Lipinski definition) is 2. The molecule has 1 spiro atoms. The zero-order valence-corrected chi connectivity index (χ0v) is 14.0. The molecule has 0 amide bonds. The highest BCUT2D eigenvalue weighted by Crippen LogP contribution is 2.39. The van der Waals surface area contributed by atoms with E-state index in [0.717, 1.165) is 38.1 Å². The number of nitrogens with one attached hydrogen (secondary N) is 1. The van der Waals surface area contributed by atoms with Gasteiger partial charge in [-0.3, -0.25) is 5.14 Å². The molecule has 2 heterocycles. The summed E-state index contributed by atoms with van der Waals surface area (Å²) in [5, 5.41) is 8.42. The molecule has 118 valence electrons. The molecular weight excluding hydrogens is 284 g/mol. The number of para-hydroxylation sites is 1. The van der Waals surface area contributed by atoms with Crippen LogP contribution in [0, 0.1) is 0 Å². The first-order valence-electron chi connectivity index (χ1n) is 7.46. The van der Waals surface area contributed by atoms with Crippen molar-refractivity contribution in [3.63, 3.8) is 0 Å². The van der Waals surface area contributed by atoms with Gasteiger partial charge in [0.05, 0.1) is 15.7 Å². The van der Waals surface area contributed by atoms with Crippen molar-refractivity contribution in [3.8, 4) is 5.75 Å². The number of benzene rings is 1. The van der Waals surface area contributed by atoms with Gasteiger partial charge in [-0.2, -0.15) is 0 Å². The van der Waals surface area contributed by atoms with E-state index >= 15 is 0 Å². The maximum absolute atomic E-state index is 10.4. The lowest BCUT2D eigenvalue weighted by atomic mass is 9.88. The summed E-state index contributed by atoms with van der Waals surface area (Å²) in [5.41, 5.74) is 1.50. The molecule has 0 aromatic heterocycles. The number of ether oxygens (including phenoxy) is 1. The van der Waals surface area contributed by atoms with Gasteiger partial charge in [0, 0.05) is 6.42 Å². The molecule has 5 heteroatoms. The Morgan fingerprint density at radius 1 is 1.24 bits per heavy atom. The largest absolute Gasteiger partial charge is 0.487 e. The summed E-state index contributed by atoms with van der Waals surface area (Å²) >= 11 is 0. The molecule has 21 heavy (non-hydrogen) atoms. The van der Waals surface area contributed by atoms with Crippen molar-refractivity contribution >= 4 is 11.0 Å². The monoisotopic (exact) mass is 310 g/mol. The summed E-state index contributed by atoms with van der Waals surface area (Å²) in [7, 11) is -1.18. The summed E-state index contributed by atoms with van der Waals surface area (Å²) in [4.78, 5) is 0. The topological polar surface area (TPSA) is 64.4 Å². The Morgan fingerprint density at radius 3 is 2.33 bits per heavy atom. The zero-order valence-electron chi connectivity index (χ0n) is 13.1. The number of piperidine rings is 1. The van der Waals surface area contributed by atoms with Crippen molar-refractivity contribution < 1.29 is 8.95 Å². The van der Waals surface area contributed by atoms with Crippen molar-refractivity contribution in [1.29, 1.82) is 0 Å². The molecule has 2 aliphatic heterocycles. The van der Waals surface area contributed by atoms with E-state index in [0.29, 0.717) is 0 Å². The molecule has 3 rings (SSSR count).